The SMILES string of the molecule is CNc1nc([C@H]2CCCCN2C(C)=O)nc2c1CN(C(=O)CCOC)CC2. The van der Waals surface area contributed by atoms with Gasteiger partial charge in [-0.3, -0.25) is 9.59 Å². The molecule has 148 valence electrons. The summed E-state index contributed by atoms with van der Waals surface area (Å²) in [7, 11) is 3.44. The first kappa shape index (κ1) is 19.5. The first-order chi connectivity index (χ1) is 13.0. The van der Waals surface area contributed by atoms with Gasteiger partial charge in [-0.05, 0) is 19.3 Å². The lowest BCUT2D eigenvalue weighted by Crippen LogP contribution is -2.40. The number of piperidine rings is 1. The van der Waals surface area contributed by atoms with E-state index < -0.39 is 0 Å². The molecule has 0 radical (unpaired) electrons. The Hall–Kier alpha value is -2.22. The molecule has 2 amide bonds. The molecule has 3 heterocycles. The van der Waals surface area contributed by atoms with E-state index >= 15 is 0 Å². The average Bonchev–Trinajstić information content (AvgIpc) is 2.70. The molecule has 1 aromatic rings. The number of nitrogens with one attached hydrogen (secondary N) is 1. The van der Waals surface area contributed by atoms with Gasteiger partial charge in [-0.15, -0.1) is 0 Å². The zero-order valence-corrected chi connectivity index (χ0v) is 16.5. The van der Waals surface area contributed by atoms with Crippen LogP contribution in [0.25, 0.3) is 0 Å². The summed E-state index contributed by atoms with van der Waals surface area (Å²) in [6.07, 6.45) is 4.08. The van der Waals surface area contributed by atoms with E-state index in [4.69, 9.17) is 14.7 Å². The number of methoxy groups -OCH3 is 1. The van der Waals surface area contributed by atoms with Crippen LogP contribution in [0.15, 0.2) is 0 Å². The van der Waals surface area contributed by atoms with Crippen LogP contribution in [-0.2, 0) is 27.3 Å². The maximum absolute atomic E-state index is 12.3. The molecule has 1 fully saturated rings. The van der Waals surface area contributed by atoms with Crippen LogP contribution in [-0.4, -0.2) is 65.4 Å². The fraction of sp³-hybridized carbons (Fsp3) is 0.684. The highest BCUT2D eigenvalue weighted by molar-refractivity contribution is 5.77. The maximum Gasteiger partial charge on any atom is 0.225 e. The van der Waals surface area contributed by atoms with E-state index in [1.54, 1.807) is 14.0 Å². The van der Waals surface area contributed by atoms with E-state index in [1.165, 1.54) is 0 Å². The van der Waals surface area contributed by atoms with Gasteiger partial charge in [-0.25, -0.2) is 9.97 Å². The number of amides is 2. The van der Waals surface area contributed by atoms with Crippen molar-refractivity contribution in [1.82, 2.24) is 19.8 Å². The van der Waals surface area contributed by atoms with Crippen LogP contribution in [0.2, 0.25) is 0 Å². The molecule has 0 aromatic carbocycles. The molecule has 1 saturated heterocycles. The topological polar surface area (TPSA) is 87.7 Å². The Bertz CT molecular complexity index is 692. The van der Waals surface area contributed by atoms with Gasteiger partial charge in [0.25, 0.3) is 0 Å². The summed E-state index contributed by atoms with van der Waals surface area (Å²) in [5.41, 5.74) is 1.96. The van der Waals surface area contributed by atoms with Crippen LogP contribution in [0.5, 0.6) is 0 Å². The Labute approximate surface area is 160 Å². The third kappa shape index (κ3) is 4.21. The van der Waals surface area contributed by atoms with Gasteiger partial charge in [0.15, 0.2) is 5.82 Å². The Balaban J connectivity index is 1.86. The molecule has 8 heteroatoms. The van der Waals surface area contributed by atoms with Crippen molar-refractivity contribution in [2.24, 2.45) is 0 Å². The number of rotatable bonds is 5. The minimum Gasteiger partial charge on any atom is -0.384 e. The second-order valence-electron chi connectivity index (χ2n) is 7.14. The van der Waals surface area contributed by atoms with Crippen molar-refractivity contribution in [2.45, 2.75) is 51.6 Å². The summed E-state index contributed by atoms with van der Waals surface area (Å²) in [5, 5.41) is 3.16. The molecule has 2 aliphatic heterocycles. The van der Waals surface area contributed by atoms with Gasteiger partial charge in [0.05, 0.1) is 31.3 Å². The number of fused-ring (bicyclic) bond motifs is 1. The predicted octanol–water partition coefficient (Wildman–Crippen LogP) is 1.51. The van der Waals surface area contributed by atoms with Crippen molar-refractivity contribution >= 4 is 17.6 Å². The summed E-state index contributed by atoms with van der Waals surface area (Å²) in [5.74, 6) is 1.63. The number of ether oxygens (including phenoxy) is 1. The molecular weight excluding hydrogens is 346 g/mol. The Morgan fingerprint density at radius 2 is 2.07 bits per heavy atom. The number of hydrogen-bond acceptors (Lipinski definition) is 6. The number of aromatic nitrogens is 2. The van der Waals surface area contributed by atoms with Crippen LogP contribution in [0.4, 0.5) is 5.82 Å². The van der Waals surface area contributed by atoms with Crippen molar-refractivity contribution in [2.75, 3.05) is 39.2 Å². The van der Waals surface area contributed by atoms with Crippen LogP contribution in [0.3, 0.4) is 0 Å². The van der Waals surface area contributed by atoms with Crippen LogP contribution in [0, 0.1) is 0 Å². The number of carbonyl (C=O) groups is 2. The van der Waals surface area contributed by atoms with Gasteiger partial charge in [0.2, 0.25) is 11.8 Å². The summed E-state index contributed by atoms with van der Waals surface area (Å²) >= 11 is 0. The first-order valence-electron chi connectivity index (χ1n) is 9.66. The van der Waals surface area contributed by atoms with Gasteiger partial charge in [0.1, 0.15) is 5.82 Å². The number of anilines is 1. The largest absolute Gasteiger partial charge is 0.384 e. The van der Waals surface area contributed by atoms with E-state index in [0.29, 0.717) is 38.4 Å². The average molecular weight is 375 g/mol. The van der Waals surface area contributed by atoms with Gasteiger partial charge in [0, 0.05) is 46.2 Å². The smallest absolute Gasteiger partial charge is 0.225 e. The van der Waals surface area contributed by atoms with Crippen molar-refractivity contribution in [3.05, 3.63) is 17.1 Å². The Morgan fingerprint density at radius 1 is 1.26 bits per heavy atom. The molecular formula is C19H29N5O3. The zero-order valence-electron chi connectivity index (χ0n) is 16.5. The molecule has 0 aliphatic carbocycles. The number of carbonyl (C=O) groups excluding carboxylic acids is 2. The lowest BCUT2D eigenvalue weighted by molar-refractivity contribution is -0.134. The zero-order chi connectivity index (χ0) is 19.4. The molecule has 0 saturated carbocycles. The molecule has 2 aliphatic rings. The molecule has 0 spiro atoms. The summed E-state index contributed by atoms with van der Waals surface area (Å²) in [6.45, 7) is 3.96. The van der Waals surface area contributed by atoms with Crippen LogP contribution < -0.4 is 5.32 Å². The predicted molar refractivity (Wildman–Crippen MR) is 101 cm³/mol. The molecule has 0 unspecified atom stereocenters. The molecule has 3 rings (SSSR count). The highest BCUT2D eigenvalue weighted by Gasteiger charge is 2.31. The van der Waals surface area contributed by atoms with E-state index in [9.17, 15) is 9.59 Å². The first-order valence-corrected chi connectivity index (χ1v) is 9.66. The Kier molecular flexibility index (Phi) is 6.26. The molecule has 27 heavy (non-hydrogen) atoms. The van der Waals surface area contributed by atoms with Crippen molar-refractivity contribution < 1.29 is 14.3 Å². The molecule has 1 atom stereocenters. The minimum atomic E-state index is -0.0602. The summed E-state index contributed by atoms with van der Waals surface area (Å²) in [6, 6.07) is -0.0602. The molecule has 0 bridgehead atoms. The number of likely N-dealkylation sites (tertiary alicyclic amines) is 1. The second-order valence-corrected chi connectivity index (χ2v) is 7.14. The highest BCUT2D eigenvalue weighted by atomic mass is 16.5. The number of nitrogens with zero attached hydrogens (tertiary/aromatic N) is 4. The fourth-order valence-corrected chi connectivity index (χ4v) is 3.93. The van der Waals surface area contributed by atoms with Crippen molar-refractivity contribution in [3.63, 3.8) is 0 Å². The quantitative estimate of drug-likeness (QED) is 0.839. The monoisotopic (exact) mass is 375 g/mol. The molecule has 1 aromatic heterocycles. The lowest BCUT2D eigenvalue weighted by Gasteiger charge is -2.35. The summed E-state index contributed by atoms with van der Waals surface area (Å²) < 4.78 is 5.01. The van der Waals surface area contributed by atoms with Crippen molar-refractivity contribution in [3.8, 4) is 0 Å². The van der Waals surface area contributed by atoms with Gasteiger partial charge in [-0.1, -0.05) is 0 Å². The van der Waals surface area contributed by atoms with Crippen molar-refractivity contribution in [1.29, 1.82) is 0 Å². The normalized spacial score (nSPS) is 19.6. The molecule has 8 nitrogen and oxygen atoms in total. The maximum atomic E-state index is 12.3. The Morgan fingerprint density at radius 3 is 2.78 bits per heavy atom. The summed E-state index contributed by atoms with van der Waals surface area (Å²) in [4.78, 5) is 37.7. The van der Waals surface area contributed by atoms with Crippen LogP contribution >= 0.6 is 0 Å². The van der Waals surface area contributed by atoms with Gasteiger partial charge < -0.3 is 19.9 Å². The van der Waals surface area contributed by atoms with E-state index in [0.717, 1.165) is 42.9 Å². The lowest BCUT2D eigenvalue weighted by atomic mass is 10.00. The molecule has 1 N–H and O–H groups in total. The van der Waals surface area contributed by atoms with Crippen LogP contribution in [0.1, 0.15) is 55.7 Å². The third-order valence-corrected chi connectivity index (χ3v) is 5.39. The van der Waals surface area contributed by atoms with E-state index in [2.05, 4.69) is 5.32 Å². The third-order valence-electron chi connectivity index (χ3n) is 5.39. The van der Waals surface area contributed by atoms with E-state index in [-0.39, 0.29) is 17.9 Å². The van der Waals surface area contributed by atoms with E-state index in [1.807, 2.05) is 16.8 Å². The standard InChI is InChI=1S/C19H29N5O3/c1-13(25)24-9-5-4-6-16(24)19-21-15-7-10-23(17(26)8-11-27-3)12-14(15)18(20-2)22-19/h16H,4-12H2,1-3H3,(H,20,21,22)/t16-/m1/s1. The second kappa shape index (κ2) is 8.65. The minimum absolute atomic E-state index is 0.0602. The van der Waals surface area contributed by atoms with Gasteiger partial charge >= 0.3 is 0 Å². The van der Waals surface area contributed by atoms with Gasteiger partial charge in [-0.2, -0.15) is 0 Å². The highest BCUT2D eigenvalue weighted by Crippen LogP contribution is 2.32. The number of hydrogen-bond donors (Lipinski definition) is 1. The fourth-order valence-electron chi connectivity index (χ4n) is 3.93.